The molecular weight excluding hydrogens is 307 g/mol. The van der Waals surface area contributed by atoms with Crippen LogP contribution in [0, 0.1) is 17.1 Å². The van der Waals surface area contributed by atoms with E-state index in [-0.39, 0.29) is 5.82 Å². The van der Waals surface area contributed by atoms with Crippen LogP contribution in [-0.4, -0.2) is 0 Å². The van der Waals surface area contributed by atoms with Gasteiger partial charge in [0.15, 0.2) is 0 Å². The summed E-state index contributed by atoms with van der Waals surface area (Å²) in [5.41, 5.74) is 1.69. The van der Waals surface area contributed by atoms with E-state index in [4.69, 9.17) is 0 Å². The number of halogens is 2. The van der Waals surface area contributed by atoms with E-state index in [1.165, 1.54) is 12.1 Å². The number of benzene rings is 2. The topological polar surface area (TPSA) is 35.8 Å². The van der Waals surface area contributed by atoms with Gasteiger partial charge in [-0.05, 0) is 23.8 Å². The molecule has 0 fully saturated rings. The lowest BCUT2D eigenvalue weighted by Crippen LogP contribution is -2.20. The van der Waals surface area contributed by atoms with Crippen molar-refractivity contribution in [3.05, 3.63) is 69.9 Å². The van der Waals surface area contributed by atoms with Gasteiger partial charge in [0, 0.05) is 16.6 Å². The summed E-state index contributed by atoms with van der Waals surface area (Å²) in [6, 6.07) is 15.7. The van der Waals surface area contributed by atoms with Crippen LogP contribution < -0.4 is 5.32 Å². The third-order valence-corrected chi connectivity index (χ3v) is 3.47. The molecule has 2 rings (SSSR count). The Morgan fingerprint density at radius 1 is 1.21 bits per heavy atom. The van der Waals surface area contributed by atoms with Crippen molar-refractivity contribution in [3.8, 4) is 6.07 Å². The number of nitriles is 1. The summed E-state index contributed by atoms with van der Waals surface area (Å²) in [5.74, 6) is -0.347. The average molecular weight is 319 g/mol. The summed E-state index contributed by atoms with van der Waals surface area (Å²) >= 11 is 3.34. The summed E-state index contributed by atoms with van der Waals surface area (Å²) in [4.78, 5) is 0. The van der Waals surface area contributed by atoms with Crippen LogP contribution in [0.25, 0.3) is 0 Å². The minimum Gasteiger partial charge on any atom is -0.294 e. The Morgan fingerprint density at radius 2 is 1.95 bits per heavy atom. The molecule has 0 saturated heterocycles. The van der Waals surface area contributed by atoms with Crippen LogP contribution in [0.2, 0.25) is 0 Å². The standard InChI is InChI=1S/C15H12BrFN2/c16-14-7-6-12(17)8-13(14)15(9-18)19-10-11-4-2-1-3-5-11/h1-8,15,19H,10H2. The largest absolute Gasteiger partial charge is 0.294 e. The van der Waals surface area contributed by atoms with Gasteiger partial charge in [0.2, 0.25) is 0 Å². The third kappa shape index (κ3) is 3.63. The second-order valence-corrected chi connectivity index (χ2v) is 4.95. The monoisotopic (exact) mass is 318 g/mol. The third-order valence-electron chi connectivity index (χ3n) is 2.75. The summed E-state index contributed by atoms with van der Waals surface area (Å²) in [5, 5.41) is 12.3. The molecule has 1 atom stereocenters. The molecule has 2 nitrogen and oxygen atoms in total. The van der Waals surface area contributed by atoms with Crippen LogP contribution in [0.3, 0.4) is 0 Å². The molecule has 0 aliphatic heterocycles. The van der Waals surface area contributed by atoms with Crippen molar-refractivity contribution in [2.24, 2.45) is 0 Å². The van der Waals surface area contributed by atoms with Crippen molar-refractivity contribution in [2.45, 2.75) is 12.6 Å². The second-order valence-electron chi connectivity index (χ2n) is 4.09. The highest BCUT2D eigenvalue weighted by molar-refractivity contribution is 9.10. The second kappa shape index (κ2) is 6.46. The van der Waals surface area contributed by atoms with Crippen LogP contribution in [-0.2, 0) is 6.54 Å². The molecule has 0 aliphatic rings. The van der Waals surface area contributed by atoms with E-state index >= 15 is 0 Å². The van der Waals surface area contributed by atoms with Gasteiger partial charge >= 0.3 is 0 Å². The quantitative estimate of drug-likeness (QED) is 0.926. The molecule has 1 unspecified atom stereocenters. The predicted molar refractivity (Wildman–Crippen MR) is 75.7 cm³/mol. The first-order chi connectivity index (χ1) is 9.20. The minimum atomic E-state index is -0.551. The lowest BCUT2D eigenvalue weighted by molar-refractivity contribution is 0.602. The smallest absolute Gasteiger partial charge is 0.123 e. The maximum absolute atomic E-state index is 13.2. The highest BCUT2D eigenvalue weighted by Gasteiger charge is 2.14. The Balaban J connectivity index is 2.13. The average Bonchev–Trinajstić information content (AvgIpc) is 2.44. The SMILES string of the molecule is N#CC(NCc1ccccc1)c1cc(F)ccc1Br. The van der Waals surface area contributed by atoms with Crippen LogP contribution in [0.5, 0.6) is 0 Å². The van der Waals surface area contributed by atoms with Gasteiger partial charge in [0.05, 0.1) is 6.07 Å². The minimum absolute atomic E-state index is 0.347. The van der Waals surface area contributed by atoms with Crippen LogP contribution >= 0.6 is 15.9 Å². The van der Waals surface area contributed by atoms with Gasteiger partial charge in [-0.3, -0.25) is 5.32 Å². The first-order valence-electron chi connectivity index (χ1n) is 5.82. The van der Waals surface area contributed by atoms with Gasteiger partial charge in [-0.15, -0.1) is 0 Å². The van der Waals surface area contributed by atoms with Crippen molar-refractivity contribution >= 4 is 15.9 Å². The van der Waals surface area contributed by atoms with Gasteiger partial charge in [0.25, 0.3) is 0 Å². The van der Waals surface area contributed by atoms with Crippen molar-refractivity contribution < 1.29 is 4.39 Å². The van der Waals surface area contributed by atoms with E-state index in [2.05, 4.69) is 27.3 Å². The Bertz CT molecular complexity index is 593. The molecule has 0 amide bonds. The van der Waals surface area contributed by atoms with Gasteiger partial charge in [-0.2, -0.15) is 5.26 Å². The number of hydrogen-bond acceptors (Lipinski definition) is 2. The van der Waals surface area contributed by atoms with E-state index < -0.39 is 6.04 Å². The Morgan fingerprint density at radius 3 is 2.63 bits per heavy atom. The highest BCUT2D eigenvalue weighted by atomic mass is 79.9. The summed E-state index contributed by atoms with van der Waals surface area (Å²) < 4.78 is 14.0. The lowest BCUT2D eigenvalue weighted by Gasteiger charge is -2.13. The van der Waals surface area contributed by atoms with Crippen molar-refractivity contribution in [3.63, 3.8) is 0 Å². The molecule has 19 heavy (non-hydrogen) atoms. The van der Waals surface area contributed by atoms with Crippen molar-refractivity contribution in [1.82, 2.24) is 5.32 Å². The molecule has 0 aliphatic carbocycles. The molecule has 0 bridgehead atoms. The molecule has 1 N–H and O–H groups in total. The molecule has 0 radical (unpaired) electrons. The number of nitrogens with zero attached hydrogens (tertiary/aromatic N) is 1. The van der Waals surface area contributed by atoms with E-state index in [0.29, 0.717) is 12.1 Å². The molecule has 2 aromatic carbocycles. The normalized spacial score (nSPS) is 11.8. The zero-order valence-electron chi connectivity index (χ0n) is 10.1. The number of nitrogens with one attached hydrogen (secondary N) is 1. The molecule has 0 saturated carbocycles. The fourth-order valence-electron chi connectivity index (χ4n) is 1.78. The Kier molecular flexibility index (Phi) is 4.67. The molecule has 4 heteroatoms. The van der Waals surface area contributed by atoms with E-state index in [1.54, 1.807) is 6.07 Å². The van der Waals surface area contributed by atoms with E-state index in [9.17, 15) is 9.65 Å². The first-order valence-corrected chi connectivity index (χ1v) is 6.62. The van der Waals surface area contributed by atoms with Gasteiger partial charge < -0.3 is 0 Å². The molecule has 0 aromatic heterocycles. The molecule has 96 valence electrons. The fourth-order valence-corrected chi connectivity index (χ4v) is 2.25. The highest BCUT2D eigenvalue weighted by Crippen LogP contribution is 2.24. The van der Waals surface area contributed by atoms with Gasteiger partial charge in [-0.1, -0.05) is 46.3 Å². The van der Waals surface area contributed by atoms with Crippen LogP contribution in [0.4, 0.5) is 4.39 Å². The summed E-state index contributed by atoms with van der Waals surface area (Å²) in [6.07, 6.45) is 0. The zero-order chi connectivity index (χ0) is 13.7. The number of hydrogen-bond donors (Lipinski definition) is 1. The Hall–Kier alpha value is -1.70. The van der Waals surface area contributed by atoms with Crippen molar-refractivity contribution in [2.75, 3.05) is 0 Å². The maximum atomic E-state index is 13.2. The molecule has 0 heterocycles. The molecule has 0 spiro atoms. The van der Waals surface area contributed by atoms with Crippen LogP contribution in [0.15, 0.2) is 53.0 Å². The molecular formula is C15H12BrFN2. The van der Waals surface area contributed by atoms with Crippen LogP contribution in [0.1, 0.15) is 17.2 Å². The van der Waals surface area contributed by atoms with E-state index in [1.807, 2.05) is 30.3 Å². The number of rotatable bonds is 4. The maximum Gasteiger partial charge on any atom is 0.123 e. The van der Waals surface area contributed by atoms with E-state index in [0.717, 1.165) is 10.0 Å². The van der Waals surface area contributed by atoms with Gasteiger partial charge in [-0.25, -0.2) is 4.39 Å². The molecule has 2 aromatic rings. The van der Waals surface area contributed by atoms with Crippen molar-refractivity contribution in [1.29, 1.82) is 5.26 Å². The summed E-state index contributed by atoms with van der Waals surface area (Å²) in [7, 11) is 0. The Labute approximate surface area is 120 Å². The predicted octanol–water partition coefficient (Wildman–Crippen LogP) is 3.94. The zero-order valence-corrected chi connectivity index (χ0v) is 11.7. The lowest BCUT2D eigenvalue weighted by atomic mass is 10.1. The van der Waals surface area contributed by atoms with Gasteiger partial charge in [0.1, 0.15) is 11.9 Å². The fraction of sp³-hybridized carbons (Fsp3) is 0.133. The summed E-state index contributed by atoms with van der Waals surface area (Å²) in [6.45, 7) is 0.558. The first kappa shape index (κ1) is 13.7.